The van der Waals surface area contributed by atoms with Gasteiger partial charge in [-0.1, -0.05) is 15.9 Å². The molecule has 2 N–H and O–H groups in total. The second-order valence-corrected chi connectivity index (χ2v) is 5.50. The first-order chi connectivity index (χ1) is 10.7. The average molecular weight is 376 g/mol. The molecule has 1 aromatic rings. The first-order valence-corrected chi connectivity index (χ1v) is 7.91. The lowest BCUT2D eigenvalue weighted by molar-refractivity contribution is 0.0698. The summed E-state index contributed by atoms with van der Waals surface area (Å²) in [4.78, 5) is 4.12. The highest BCUT2D eigenvalue weighted by atomic mass is 79.9. The Balaban J connectivity index is 2.22. The maximum atomic E-state index is 13.3. The number of halogens is 2. The second kappa shape index (κ2) is 11.4. The van der Waals surface area contributed by atoms with Gasteiger partial charge < -0.3 is 20.1 Å². The van der Waals surface area contributed by atoms with E-state index in [1.54, 1.807) is 14.2 Å². The van der Waals surface area contributed by atoms with Crippen LogP contribution in [-0.4, -0.2) is 46.5 Å². The van der Waals surface area contributed by atoms with Crippen molar-refractivity contribution in [3.8, 4) is 0 Å². The summed E-state index contributed by atoms with van der Waals surface area (Å²) < 4.78 is 24.3. The van der Waals surface area contributed by atoms with E-state index in [9.17, 15) is 4.39 Å². The lowest BCUT2D eigenvalue weighted by Gasteiger charge is -2.12. The predicted molar refractivity (Wildman–Crippen MR) is 89.6 cm³/mol. The predicted octanol–water partition coefficient (Wildman–Crippen LogP) is 2.31. The Bertz CT molecular complexity index is 452. The molecule has 0 aliphatic heterocycles. The summed E-state index contributed by atoms with van der Waals surface area (Å²) in [5.41, 5.74) is 0.845. The normalized spacial score (nSPS) is 11.5. The van der Waals surface area contributed by atoms with E-state index < -0.39 is 0 Å². The fourth-order valence-electron chi connectivity index (χ4n) is 1.74. The van der Waals surface area contributed by atoms with Crippen LogP contribution in [0.5, 0.6) is 0 Å². The number of ether oxygens (including phenoxy) is 2. The van der Waals surface area contributed by atoms with Crippen molar-refractivity contribution in [3.63, 3.8) is 0 Å². The molecule has 1 rings (SSSR count). The number of rotatable bonds is 9. The van der Waals surface area contributed by atoms with Crippen molar-refractivity contribution in [2.24, 2.45) is 4.99 Å². The molecule has 0 aliphatic carbocycles. The molecule has 0 atom stereocenters. The van der Waals surface area contributed by atoms with E-state index >= 15 is 0 Å². The van der Waals surface area contributed by atoms with Gasteiger partial charge in [0, 0.05) is 38.3 Å². The molecule has 0 aromatic heterocycles. The first kappa shape index (κ1) is 18.9. The van der Waals surface area contributed by atoms with E-state index in [1.165, 1.54) is 12.1 Å². The molecular weight excluding hydrogens is 353 g/mol. The molecule has 0 fully saturated rings. The maximum Gasteiger partial charge on any atom is 0.191 e. The maximum absolute atomic E-state index is 13.3. The second-order valence-electron chi connectivity index (χ2n) is 4.59. The Kier molecular flexibility index (Phi) is 9.77. The van der Waals surface area contributed by atoms with Crippen LogP contribution >= 0.6 is 15.9 Å². The molecule has 0 bridgehead atoms. The van der Waals surface area contributed by atoms with Crippen LogP contribution in [0.25, 0.3) is 0 Å². The van der Waals surface area contributed by atoms with Crippen molar-refractivity contribution < 1.29 is 13.9 Å². The average Bonchev–Trinajstić information content (AvgIpc) is 2.48. The van der Waals surface area contributed by atoms with Gasteiger partial charge in [-0.2, -0.15) is 0 Å². The van der Waals surface area contributed by atoms with E-state index in [0.717, 1.165) is 23.0 Å². The monoisotopic (exact) mass is 375 g/mol. The summed E-state index contributed by atoms with van der Waals surface area (Å²) in [6.07, 6.45) is 0.871. The number of nitrogens with one attached hydrogen (secondary N) is 2. The molecule has 0 aliphatic rings. The molecule has 22 heavy (non-hydrogen) atoms. The lowest BCUT2D eigenvalue weighted by atomic mass is 10.2. The van der Waals surface area contributed by atoms with Gasteiger partial charge in [0.1, 0.15) is 5.82 Å². The Morgan fingerprint density at radius 3 is 2.73 bits per heavy atom. The summed E-state index contributed by atoms with van der Waals surface area (Å²) in [5.74, 6) is 0.416. The first-order valence-electron chi connectivity index (χ1n) is 7.12. The van der Waals surface area contributed by atoms with Gasteiger partial charge in [-0.15, -0.1) is 0 Å². The third-order valence-corrected chi connectivity index (χ3v) is 3.25. The van der Waals surface area contributed by atoms with Crippen molar-refractivity contribution >= 4 is 21.9 Å². The van der Waals surface area contributed by atoms with Crippen LogP contribution in [0, 0.1) is 5.82 Å². The Labute approximate surface area is 139 Å². The number of guanidine groups is 1. The Morgan fingerprint density at radius 2 is 2.05 bits per heavy atom. The number of methoxy groups -OCH3 is 1. The smallest absolute Gasteiger partial charge is 0.191 e. The largest absolute Gasteiger partial charge is 0.382 e. The number of hydrogen-bond acceptors (Lipinski definition) is 3. The summed E-state index contributed by atoms with van der Waals surface area (Å²) in [5, 5.41) is 6.32. The zero-order valence-electron chi connectivity index (χ0n) is 13.0. The van der Waals surface area contributed by atoms with Crippen LogP contribution in [0.1, 0.15) is 12.0 Å². The molecule has 124 valence electrons. The van der Waals surface area contributed by atoms with Gasteiger partial charge in [-0.05, 0) is 30.2 Å². The zero-order chi connectivity index (χ0) is 16.2. The Hall–Kier alpha value is -1.18. The summed E-state index contributed by atoms with van der Waals surface area (Å²) in [6.45, 7) is 3.14. The minimum Gasteiger partial charge on any atom is -0.382 e. The van der Waals surface area contributed by atoms with Crippen molar-refractivity contribution in [2.75, 3.05) is 40.5 Å². The molecule has 0 saturated heterocycles. The van der Waals surface area contributed by atoms with Crippen LogP contribution in [0.3, 0.4) is 0 Å². The van der Waals surface area contributed by atoms with Crippen LogP contribution in [0.2, 0.25) is 0 Å². The third-order valence-electron chi connectivity index (χ3n) is 2.80. The van der Waals surface area contributed by atoms with Crippen molar-refractivity contribution in [1.82, 2.24) is 10.6 Å². The standard InChI is InChI=1S/C15H23BrFN3O2/c1-18-15(19-4-3-5-22-7-6-21-2)20-11-12-8-13(16)10-14(17)9-12/h8-10H,3-7,11H2,1-2H3,(H2,18,19,20). The van der Waals surface area contributed by atoms with Gasteiger partial charge in [0.05, 0.1) is 13.2 Å². The quantitative estimate of drug-likeness (QED) is 0.395. The SMILES string of the molecule is CN=C(NCCCOCCOC)NCc1cc(F)cc(Br)c1. The molecule has 0 amide bonds. The summed E-state index contributed by atoms with van der Waals surface area (Å²) in [7, 11) is 3.35. The molecule has 0 spiro atoms. The molecule has 0 unspecified atom stereocenters. The van der Waals surface area contributed by atoms with E-state index in [0.29, 0.717) is 32.3 Å². The van der Waals surface area contributed by atoms with Crippen LogP contribution in [0.15, 0.2) is 27.7 Å². The number of nitrogens with zero attached hydrogens (tertiary/aromatic N) is 1. The topological polar surface area (TPSA) is 54.9 Å². The minimum absolute atomic E-state index is 0.262. The molecule has 0 saturated carbocycles. The number of hydrogen-bond donors (Lipinski definition) is 2. The highest BCUT2D eigenvalue weighted by molar-refractivity contribution is 9.10. The van der Waals surface area contributed by atoms with Crippen LogP contribution < -0.4 is 10.6 Å². The number of aliphatic imine (C=N–C) groups is 1. The highest BCUT2D eigenvalue weighted by Crippen LogP contribution is 2.14. The van der Waals surface area contributed by atoms with Gasteiger partial charge in [-0.25, -0.2) is 4.39 Å². The number of benzene rings is 1. The minimum atomic E-state index is -0.262. The van der Waals surface area contributed by atoms with Crippen LogP contribution in [-0.2, 0) is 16.0 Å². The van der Waals surface area contributed by atoms with Crippen molar-refractivity contribution in [2.45, 2.75) is 13.0 Å². The van der Waals surface area contributed by atoms with Gasteiger partial charge in [-0.3, -0.25) is 4.99 Å². The van der Waals surface area contributed by atoms with Crippen LogP contribution in [0.4, 0.5) is 4.39 Å². The fourth-order valence-corrected chi connectivity index (χ4v) is 2.26. The fraction of sp³-hybridized carbons (Fsp3) is 0.533. The molecule has 0 radical (unpaired) electrons. The van der Waals surface area contributed by atoms with E-state index in [-0.39, 0.29) is 5.82 Å². The molecule has 5 nitrogen and oxygen atoms in total. The Morgan fingerprint density at radius 1 is 1.23 bits per heavy atom. The molecule has 7 heteroatoms. The van der Waals surface area contributed by atoms with E-state index in [4.69, 9.17) is 9.47 Å². The highest BCUT2D eigenvalue weighted by Gasteiger charge is 2.01. The summed E-state index contributed by atoms with van der Waals surface area (Å²) >= 11 is 3.28. The van der Waals surface area contributed by atoms with E-state index in [2.05, 4.69) is 31.6 Å². The molecule has 0 heterocycles. The summed E-state index contributed by atoms with van der Waals surface area (Å²) in [6, 6.07) is 4.79. The van der Waals surface area contributed by atoms with Crippen molar-refractivity contribution in [3.05, 3.63) is 34.1 Å². The lowest BCUT2D eigenvalue weighted by Crippen LogP contribution is -2.37. The van der Waals surface area contributed by atoms with Gasteiger partial charge in [0.25, 0.3) is 0 Å². The van der Waals surface area contributed by atoms with Gasteiger partial charge in [0.15, 0.2) is 5.96 Å². The molecule has 1 aromatic carbocycles. The van der Waals surface area contributed by atoms with Gasteiger partial charge in [0.2, 0.25) is 0 Å². The van der Waals surface area contributed by atoms with E-state index in [1.807, 2.05) is 6.07 Å². The van der Waals surface area contributed by atoms with Crippen molar-refractivity contribution in [1.29, 1.82) is 0 Å². The molecular formula is C15H23BrFN3O2. The third kappa shape index (κ3) is 8.31. The zero-order valence-corrected chi connectivity index (χ0v) is 14.6. The van der Waals surface area contributed by atoms with Gasteiger partial charge >= 0.3 is 0 Å².